The van der Waals surface area contributed by atoms with Crippen LogP contribution in [0.25, 0.3) is 5.65 Å². The third-order valence-electron chi connectivity index (χ3n) is 2.28. The molecular weight excluding hydrogens is 204 g/mol. The zero-order valence-corrected chi connectivity index (χ0v) is 9.60. The summed E-state index contributed by atoms with van der Waals surface area (Å²) < 4.78 is 7.06. The number of aromatic nitrogens is 3. The number of hydrogen-bond donors (Lipinski definition) is 1. The molecule has 2 aromatic rings. The number of ether oxygens (including phenoxy) is 1. The summed E-state index contributed by atoms with van der Waals surface area (Å²) in [6.07, 6.45) is 1.56. The van der Waals surface area contributed by atoms with Crippen LogP contribution in [0.15, 0.2) is 18.5 Å². The highest BCUT2D eigenvalue weighted by molar-refractivity contribution is 5.51. The molecule has 0 aliphatic carbocycles. The molecule has 0 aromatic carbocycles. The quantitative estimate of drug-likeness (QED) is 0.775. The smallest absolute Gasteiger partial charge is 0.157 e. The molecule has 0 unspecified atom stereocenters. The van der Waals surface area contributed by atoms with Crippen LogP contribution in [0.3, 0.4) is 0 Å². The molecule has 1 N–H and O–H groups in total. The Bertz CT molecular complexity index is 466. The average molecular weight is 220 g/mol. The van der Waals surface area contributed by atoms with E-state index in [4.69, 9.17) is 4.74 Å². The zero-order valence-electron chi connectivity index (χ0n) is 9.60. The molecule has 0 aliphatic heterocycles. The van der Waals surface area contributed by atoms with E-state index >= 15 is 0 Å². The van der Waals surface area contributed by atoms with Gasteiger partial charge >= 0.3 is 0 Å². The third-order valence-corrected chi connectivity index (χ3v) is 2.28. The van der Waals surface area contributed by atoms with Crippen molar-refractivity contribution in [2.75, 3.05) is 25.1 Å². The fraction of sp³-hybridized carbons (Fsp3) is 0.455. The van der Waals surface area contributed by atoms with Crippen LogP contribution in [-0.2, 0) is 4.74 Å². The Morgan fingerprint density at radius 1 is 1.44 bits per heavy atom. The Morgan fingerprint density at radius 3 is 3.12 bits per heavy atom. The molecule has 5 nitrogen and oxygen atoms in total. The molecular formula is C11H16N4O. The van der Waals surface area contributed by atoms with Crippen molar-refractivity contribution in [3.8, 4) is 0 Å². The van der Waals surface area contributed by atoms with Crippen LogP contribution in [0.1, 0.15) is 12.5 Å². The van der Waals surface area contributed by atoms with Gasteiger partial charge in [0, 0.05) is 13.2 Å². The molecule has 2 heterocycles. The third kappa shape index (κ3) is 2.30. The molecule has 0 atom stereocenters. The molecule has 86 valence electrons. The van der Waals surface area contributed by atoms with Crippen molar-refractivity contribution in [2.45, 2.75) is 13.8 Å². The Balaban J connectivity index is 2.12. The summed E-state index contributed by atoms with van der Waals surface area (Å²) in [5, 5.41) is 7.45. The lowest BCUT2D eigenvalue weighted by molar-refractivity contribution is 0.158. The monoisotopic (exact) mass is 220 g/mol. The molecule has 16 heavy (non-hydrogen) atoms. The predicted octanol–water partition coefficient (Wildman–Crippen LogP) is 1.49. The number of fused-ring (bicyclic) bond motifs is 1. The number of rotatable bonds is 5. The van der Waals surface area contributed by atoms with Gasteiger partial charge in [0.15, 0.2) is 5.65 Å². The Morgan fingerprint density at radius 2 is 2.31 bits per heavy atom. The Labute approximate surface area is 94.4 Å². The van der Waals surface area contributed by atoms with E-state index in [1.54, 1.807) is 10.8 Å². The van der Waals surface area contributed by atoms with E-state index in [1.807, 2.05) is 26.0 Å². The first-order valence-corrected chi connectivity index (χ1v) is 5.43. The summed E-state index contributed by atoms with van der Waals surface area (Å²) >= 11 is 0. The van der Waals surface area contributed by atoms with Crippen LogP contribution in [0.2, 0.25) is 0 Å². The molecule has 0 radical (unpaired) electrons. The molecule has 0 bridgehead atoms. The molecule has 0 fully saturated rings. The first-order chi connectivity index (χ1) is 7.81. The molecule has 0 saturated heterocycles. The summed E-state index contributed by atoms with van der Waals surface area (Å²) in [5.41, 5.74) is 2.03. The summed E-state index contributed by atoms with van der Waals surface area (Å²) in [5.74, 6) is 0.951. The van der Waals surface area contributed by atoms with Crippen molar-refractivity contribution in [2.24, 2.45) is 0 Å². The fourth-order valence-electron chi connectivity index (χ4n) is 1.58. The van der Waals surface area contributed by atoms with Crippen molar-refractivity contribution in [1.29, 1.82) is 0 Å². The minimum atomic E-state index is 0.695. The molecule has 5 heteroatoms. The van der Waals surface area contributed by atoms with E-state index in [0.717, 1.165) is 24.6 Å². The average Bonchev–Trinajstić information content (AvgIpc) is 2.72. The maximum absolute atomic E-state index is 5.27. The fourth-order valence-corrected chi connectivity index (χ4v) is 1.58. The van der Waals surface area contributed by atoms with Crippen LogP contribution in [0, 0.1) is 6.92 Å². The first kappa shape index (κ1) is 10.9. The summed E-state index contributed by atoms with van der Waals surface area (Å²) in [6, 6.07) is 4.05. The Hall–Kier alpha value is -1.62. The molecule has 2 rings (SSSR count). The van der Waals surface area contributed by atoms with E-state index in [9.17, 15) is 0 Å². The van der Waals surface area contributed by atoms with Crippen molar-refractivity contribution >= 4 is 11.5 Å². The standard InChI is InChI=1S/C11H16N4O/c1-3-16-5-4-12-10-6-9(2)7-11-13-8-14-15(10)11/h6-8,12H,3-5H2,1-2H3. The van der Waals surface area contributed by atoms with E-state index in [-0.39, 0.29) is 0 Å². The lowest BCUT2D eigenvalue weighted by atomic mass is 10.3. The number of nitrogens with one attached hydrogen (secondary N) is 1. The highest BCUT2D eigenvalue weighted by Crippen LogP contribution is 2.12. The Kier molecular flexibility index (Phi) is 3.36. The topological polar surface area (TPSA) is 51.5 Å². The second-order valence-electron chi connectivity index (χ2n) is 3.57. The highest BCUT2D eigenvalue weighted by Gasteiger charge is 2.02. The molecule has 2 aromatic heterocycles. The molecule has 0 amide bonds. The van der Waals surface area contributed by atoms with Crippen molar-refractivity contribution < 1.29 is 4.74 Å². The minimum absolute atomic E-state index is 0.695. The maximum Gasteiger partial charge on any atom is 0.157 e. The summed E-state index contributed by atoms with van der Waals surface area (Å²) in [7, 11) is 0. The van der Waals surface area contributed by atoms with Gasteiger partial charge in [-0.15, -0.1) is 0 Å². The van der Waals surface area contributed by atoms with E-state index in [0.29, 0.717) is 6.61 Å². The van der Waals surface area contributed by atoms with Gasteiger partial charge in [0.25, 0.3) is 0 Å². The van der Waals surface area contributed by atoms with E-state index < -0.39 is 0 Å². The van der Waals surface area contributed by atoms with Crippen molar-refractivity contribution in [3.05, 3.63) is 24.0 Å². The lowest BCUT2D eigenvalue weighted by Crippen LogP contribution is -2.12. The van der Waals surface area contributed by atoms with Gasteiger partial charge < -0.3 is 10.1 Å². The maximum atomic E-state index is 5.27. The van der Waals surface area contributed by atoms with Crippen LogP contribution in [-0.4, -0.2) is 34.4 Å². The predicted molar refractivity (Wildman–Crippen MR) is 62.7 cm³/mol. The van der Waals surface area contributed by atoms with Gasteiger partial charge in [0.05, 0.1) is 6.61 Å². The number of anilines is 1. The highest BCUT2D eigenvalue weighted by atomic mass is 16.5. The number of aryl methyl sites for hydroxylation is 1. The molecule has 0 aliphatic rings. The summed E-state index contributed by atoms with van der Waals surface area (Å²) in [6.45, 7) is 6.24. The number of hydrogen-bond acceptors (Lipinski definition) is 4. The van der Waals surface area contributed by atoms with Gasteiger partial charge in [-0.05, 0) is 31.5 Å². The second-order valence-corrected chi connectivity index (χ2v) is 3.57. The number of pyridine rings is 1. The van der Waals surface area contributed by atoms with E-state index in [1.165, 1.54) is 5.56 Å². The van der Waals surface area contributed by atoms with Gasteiger partial charge in [-0.1, -0.05) is 0 Å². The SMILES string of the molecule is CCOCCNc1cc(C)cc2ncnn12. The van der Waals surface area contributed by atoms with Gasteiger partial charge in [-0.3, -0.25) is 0 Å². The molecule has 0 spiro atoms. The number of nitrogens with zero attached hydrogens (tertiary/aromatic N) is 3. The first-order valence-electron chi connectivity index (χ1n) is 5.43. The van der Waals surface area contributed by atoms with Crippen LogP contribution in [0.5, 0.6) is 0 Å². The van der Waals surface area contributed by atoms with Crippen molar-refractivity contribution in [1.82, 2.24) is 14.6 Å². The second kappa shape index (κ2) is 4.94. The van der Waals surface area contributed by atoms with Gasteiger partial charge in [-0.2, -0.15) is 9.61 Å². The molecule has 0 saturated carbocycles. The van der Waals surface area contributed by atoms with Crippen LogP contribution < -0.4 is 5.32 Å². The van der Waals surface area contributed by atoms with E-state index in [2.05, 4.69) is 15.4 Å². The normalized spacial score (nSPS) is 10.9. The van der Waals surface area contributed by atoms with Gasteiger partial charge in [-0.25, -0.2) is 4.98 Å². The van der Waals surface area contributed by atoms with Gasteiger partial charge in [0.2, 0.25) is 0 Å². The largest absolute Gasteiger partial charge is 0.380 e. The zero-order chi connectivity index (χ0) is 11.4. The summed E-state index contributed by atoms with van der Waals surface area (Å²) in [4.78, 5) is 4.17. The lowest BCUT2D eigenvalue weighted by Gasteiger charge is -2.08. The van der Waals surface area contributed by atoms with Crippen LogP contribution >= 0.6 is 0 Å². The van der Waals surface area contributed by atoms with Crippen molar-refractivity contribution in [3.63, 3.8) is 0 Å². The minimum Gasteiger partial charge on any atom is -0.380 e. The van der Waals surface area contributed by atoms with Gasteiger partial charge in [0.1, 0.15) is 12.1 Å². The van der Waals surface area contributed by atoms with Crippen LogP contribution in [0.4, 0.5) is 5.82 Å².